The number of amides is 1. The lowest BCUT2D eigenvalue weighted by molar-refractivity contribution is -0.133. The first-order valence-electron chi connectivity index (χ1n) is 9.11. The van der Waals surface area contributed by atoms with E-state index in [1.165, 1.54) is 0 Å². The summed E-state index contributed by atoms with van der Waals surface area (Å²) in [6, 6.07) is 9.54. The first-order chi connectivity index (χ1) is 13.2. The summed E-state index contributed by atoms with van der Waals surface area (Å²) in [6.45, 7) is 1.68. The Balaban J connectivity index is 1.39. The molecule has 140 valence electrons. The molecule has 1 unspecified atom stereocenters. The van der Waals surface area contributed by atoms with Crippen LogP contribution in [0.25, 0.3) is 0 Å². The molecule has 0 saturated carbocycles. The molecule has 6 nitrogen and oxygen atoms in total. The van der Waals surface area contributed by atoms with Crippen LogP contribution in [0, 0.1) is 0 Å². The van der Waals surface area contributed by atoms with Gasteiger partial charge in [0.15, 0.2) is 5.89 Å². The Morgan fingerprint density at radius 2 is 2.15 bits per heavy atom. The monoisotopic (exact) mass is 384 g/mol. The number of benzene rings is 1. The van der Waals surface area contributed by atoms with E-state index < -0.39 is 0 Å². The highest BCUT2D eigenvalue weighted by Gasteiger charge is 2.28. The number of rotatable bonds is 5. The van der Waals surface area contributed by atoms with Crippen LogP contribution in [0.2, 0.25) is 5.02 Å². The van der Waals surface area contributed by atoms with Crippen LogP contribution < -0.4 is 0 Å². The number of hydrogen-bond donors (Lipinski definition) is 0. The molecule has 0 bridgehead atoms. The summed E-state index contributed by atoms with van der Waals surface area (Å²) in [6.07, 6.45) is 7.88. The summed E-state index contributed by atoms with van der Waals surface area (Å²) in [5, 5.41) is 4.83. The second kappa shape index (κ2) is 7.96. The third-order valence-corrected chi connectivity index (χ3v) is 5.09. The van der Waals surface area contributed by atoms with Crippen molar-refractivity contribution in [3.05, 3.63) is 71.2 Å². The van der Waals surface area contributed by atoms with E-state index in [1.807, 2.05) is 35.2 Å². The highest BCUT2D eigenvalue weighted by atomic mass is 35.5. The minimum Gasteiger partial charge on any atom is -0.445 e. The number of oxazole rings is 1. The lowest BCUT2D eigenvalue weighted by atomic mass is 9.98. The van der Waals surface area contributed by atoms with Crippen LogP contribution >= 0.6 is 11.6 Å². The molecule has 1 atom stereocenters. The maximum absolute atomic E-state index is 12.5. The maximum atomic E-state index is 12.5. The van der Waals surface area contributed by atoms with E-state index in [-0.39, 0.29) is 18.4 Å². The predicted molar refractivity (Wildman–Crippen MR) is 102 cm³/mol. The SMILES string of the molecule is O=C(Cn1cccn1)N1CCCC(c2ncc(Cc3ccc(Cl)cc3)o2)C1. The van der Waals surface area contributed by atoms with E-state index in [4.69, 9.17) is 16.0 Å². The quantitative estimate of drug-likeness (QED) is 0.675. The molecule has 1 aliphatic heterocycles. The molecular formula is C20H21ClN4O2. The van der Waals surface area contributed by atoms with E-state index >= 15 is 0 Å². The van der Waals surface area contributed by atoms with Gasteiger partial charge in [-0.2, -0.15) is 5.10 Å². The van der Waals surface area contributed by atoms with Crippen LogP contribution in [0.4, 0.5) is 0 Å². The normalized spacial score (nSPS) is 17.2. The van der Waals surface area contributed by atoms with Gasteiger partial charge in [-0.25, -0.2) is 4.98 Å². The van der Waals surface area contributed by atoms with Crippen molar-refractivity contribution in [2.75, 3.05) is 13.1 Å². The van der Waals surface area contributed by atoms with Crippen molar-refractivity contribution in [3.8, 4) is 0 Å². The highest BCUT2D eigenvalue weighted by molar-refractivity contribution is 6.30. The van der Waals surface area contributed by atoms with Crippen molar-refractivity contribution in [1.29, 1.82) is 0 Å². The molecule has 7 heteroatoms. The largest absolute Gasteiger partial charge is 0.445 e. The van der Waals surface area contributed by atoms with Crippen LogP contribution in [0.3, 0.4) is 0 Å². The molecule has 0 spiro atoms. The Bertz CT molecular complexity index is 889. The standard InChI is InChI=1S/C20H21ClN4O2/c21-17-6-4-15(5-7-17)11-18-12-22-20(27-18)16-3-1-9-24(13-16)19(26)14-25-10-2-8-23-25/h2,4-8,10,12,16H,1,3,9,11,13-14H2. The van der Waals surface area contributed by atoms with Gasteiger partial charge in [0.2, 0.25) is 5.91 Å². The number of hydrogen-bond acceptors (Lipinski definition) is 4. The zero-order valence-corrected chi connectivity index (χ0v) is 15.7. The molecule has 1 aliphatic rings. The van der Waals surface area contributed by atoms with Crippen molar-refractivity contribution in [3.63, 3.8) is 0 Å². The number of aromatic nitrogens is 3. The maximum Gasteiger partial charge on any atom is 0.244 e. The molecule has 1 amide bonds. The Morgan fingerprint density at radius 3 is 2.93 bits per heavy atom. The second-order valence-electron chi connectivity index (χ2n) is 6.85. The summed E-state index contributed by atoms with van der Waals surface area (Å²) in [5.41, 5.74) is 1.13. The van der Waals surface area contributed by atoms with Gasteiger partial charge in [0.1, 0.15) is 12.3 Å². The number of piperidine rings is 1. The van der Waals surface area contributed by atoms with E-state index in [0.29, 0.717) is 13.0 Å². The van der Waals surface area contributed by atoms with Gasteiger partial charge in [-0.1, -0.05) is 23.7 Å². The minimum atomic E-state index is 0.0799. The lowest BCUT2D eigenvalue weighted by Crippen LogP contribution is -2.41. The highest BCUT2D eigenvalue weighted by Crippen LogP contribution is 2.27. The minimum absolute atomic E-state index is 0.0799. The fourth-order valence-electron chi connectivity index (χ4n) is 3.43. The van der Waals surface area contributed by atoms with Gasteiger partial charge in [-0.15, -0.1) is 0 Å². The molecule has 4 rings (SSSR count). The molecule has 1 fully saturated rings. The smallest absolute Gasteiger partial charge is 0.244 e. The third kappa shape index (κ3) is 4.39. The first-order valence-corrected chi connectivity index (χ1v) is 9.49. The van der Waals surface area contributed by atoms with Crippen molar-refractivity contribution in [2.24, 2.45) is 0 Å². The number of likely N-dealkylation sites (tertiary alicyclic amines) is 1. The number of carbonyl (C=O) groups is 1. The summed E-state index contributed by atoms with van der Waals surface area (Å²) in [7, 11) is 0. The molecular weight excluding hydrogens is 364 g/mol. The molecule has 1 aromatic carbocycles. The molecule has 3 aromatic rings. The van der Waals surface area contributed by atoms with Crippen LogP contribution in [0.1, 0.15) is 36.0 Å². The van der Waals surface area contributed by atoms with E-state index in [1.54, 1.807) is 23.3 Å². The zero-order chi connectivity index (χ0) is 18.6. The Kier molecular flexibility index (Phi) is 5.25. The number of nitrogens with zero attached hydrogens (tertiary/aromatic N) is 4. The van der Waals surface area contributed by atoms with Gasteiger partial charge < -0.3 is 9.32 Å². The Hall–Kier alpha value is -2.60. The molecule has 3 heterocycles. The fourth-order valence-corrected chi connectivity index (χ4v) is 3.56. The molecule has 27 heavy (non-hydrogen) atoms. The Morgan fingerprint density at radius 1 is 1.30 bits per heavy atom. The number of halogens is 1. The Labute approximate surface area is 162 Å². The predicted octanol–water partition coefficient (Wildman–Crippen LogP) is 3.52. The first kappa shape index (κ1) is 17.8. The third-order valence-electron chi connectivity index (χ3n) is 4.84. The van der Waals surface area contributed by atoms with E-state index in [0.717, 1.165) is 41.6 Å². The van der Waals surface area contributed by atoms with Gasteiger partial charge in [0, 0.05) is 36.9 Å². The van der Waals surface area contributed by atoms with Crippen LogP contribution in [-0.2, 0) is 17.8 Å². The van der Waals surface area contributed by atoms with Crippen LogP contribution in [0.5, 0.6) is 0 Å². The van der Waals surface area contributed by atoms with Gasteiger partial charge in [0.05, 0.1) is 12.1 Å². The molecule has 1 saturated heterocycles. The zero-order valence-electron chi connectivity index (χ0n) is 14.9. The van der Waals surface area contributed by atoms with Crippen molar-refractivity contribution < 1.29 is 9.21 Å². The van der Waals surface area contributed by atoms with E-state index in [2.05, 4.69) is 10.1 Å². The fraction of sp³-hybridized carbons (Fsp3) is 0.350. The van der Waals surface area contributed by atoms with Gasteiger partial charge in [-0.05, 0) is 36.6 Å². The average Bonchev–Trinajstić information content (AvgIpc) is 3.36. The number of carbonyl (C=O) groups excluding carboxylic acids is 1. The molecule has 0 N–H and O–H groups in total. The van der Waals surface area contributed by atoms with Crippen molar-refractivity contribution >= 4 is 17.5 Å². The summed E-state index contributed by atoms with van der Waals surface area (Å²) < 4.78 is 7.65. The van der Waals surface area contributed by atoms with Gasteiger partial charge in [0.25, 0.3) is 0 Å². The van der Waals surface area contributed by atoms with Gasteiger partial charge in [-0.3, -0.25) is 9.48 Å². The van der Waals surface area contributed by atoms with Crippen LogP contribution in [0.15, 0.2) is 53.3 Å². The average molecular weight is 385 g/mol. The summed E-state index contributed by atoms with van der Waals surface area (Å²) in [4.78, 5) is 18.9. The molecule has 2 aromatic heterocycles. The van der Waals surface area contributed by atoms with Crippen molar-refractivity contribution in [2.45, 2.75) is 31.7 Å². The van der Waals surface area contributed by atoms with Crippen LogP contribution in [-0.4, -0.2) is 38.7 Å². The second-order valence-corrected chi connectivity index (χ2v) is 7.29. The van der Waals surface area contributed by atoms with Gasteiger partial charge >= 0.3 is 0 Å². The molecule has 0 aliphatic carbocycles. The lowest BCUT2D eigenvalue weighted by Gasteiger charge is -2.31. The molecule has 0 radical (unpaired) electrons. The van der Waals surface area contributed by atoms with Crippen molar-refractivity contribution in [1.82, 2.24) is 19.7 Å². The topological polar surface area (TPSA) is 64.2 Å². The summed E-state index contributed by atoms with van der Waals surface area (Å²) in [5.74, 6) is 1.76. The summed E-state index contributed by atoms with van der Waals surface area (Å²) >= 11 is 5.93. The van der Waals surface area contributed by atoms with E-state index in [9.17, 15) is 4.79 Å².